The van der Waals surface area contributed by atoms with Crippen molar-refractivity contribution in [1.29, 1.82) is 0 Å². The van der Waals surface area contributed by atoms with Crippen molar-refractivity contribution >= 4 is 0 Å². The molecule has 0 bridgehead atoms. The van der Waals surface area contributed by atoms with Crippen LogP contribution in [0.5, 0.6) is 0 Å². The van der Waals surface area contributed by atoms with Crippen LogP contribution in [-0.4, -0.2) is 30.7 Å². The molecule has 126 valence electrons. The summed E-state index contributed by atoms with van der Waals surface area (Å²) in [7, 11) is 0. The molecule has 4 atom stereocenters. The molecule has 0 aromatic carbocycles. The van der Waals surface area contributed by atoms with E-state index in [1.54, 1.807) is 0 Å². The van der Waals surface area contributed by atoms with Gasteiger partial charge in [-0.3, -0.25) is 0 Å². The van der Waals surface area contributed by atoms with Gasteiger partial charge in [-0.1, -0.05) is 27.7 Å². The van der Waals surface area contributed by atoms with Gasteiger partial charge in [0.05, 0.1) is 13.2 Å². The number of hydrogen-bond acceptors (Lipinski definition) is 3. The van der Waals surface area contributed by atoms with E-state index in [9.17, 15) is 5.11 Å². The van der Waals surface area contributed by atoms with Crippen LogP contribution in [-0.2, 0) is 9.47 Å². The second kappa shape index (κ2) is 4.49. The highest BCUT2D eigenvalue weighted by Gasteiger charge is 2.69. The third-order valence-corrected chi connectivity index (χ3v) is 7.19. The Balaban J connectivity index is 1.70. The molecule has 3 aliphatic carbocycles. The van der Waals surface area contributed by atoms with Gasteiger partial charge in [0.25, 0.3) is 0 Å². The Morgan fingerprint density at radius 1 is 0.955 bits per heavy atom. The Bertz CT molecular complexity index is 455. The first kappa shape index (κ1) is 15.4. The minimum atomic E-state index is -0.410. The topological polar surface area (TPSA) is 38.7 Å². The van der Waals surface area contributed by atoms with Crippen LogP contribution in [0.25, 0.3) is 0 Å². The molecule has 1 spiro atoms. The van der Waals surface area contributed by atoms with Gasteiger partial charge in [0, 0.05) is 29.3 Å². The normalized spacial score (nSPS) is 47.6. The molecule has 1 aliphatic heterocycles. The Morgan fingerprint density at radius 2 is 1.64 bits per heavy atom. The molecule has 22 heavy (non-hydrogen) atoms. The van der Waals surface area contributed by atoms with Gasteiger partial charge in [0.15, 0.2) is 5.79 Å². The quantitative estimate of drug-likeness (QED) is 0.804. The summed E-state index contributed by atoms with van der Waals surface area (Å²) < 4.78 is 13.1. The van der Waals surface area contributed by atoms with Gasteiger partial charge in [-0.15, -0.1) is 0 Å². The third-order valence-electron chi connectivity index (χ3n) is 7.19. The van der Waals surface area contributed by atoms with Gasteiger partial charge in [-0.2, -0.15) is 0 Å². The van der Waals surface area contributed by atoms with Gasteiger partial charge >= 0.3 is 0 Å². The molecule has 3 saturated carbocycles. The lowest BCUT2D eigenvalue weighted by Gasteiger charge is -2.65. The molecule has 0 aromatic heterocycles. The molecular weight excluding hydrogens is 276 g/mol. The average Bonchev–Trinajstić information content (AvgIpc) is 2.72. The fourth-order valence-corrected chi connectivity index (χ4v) is 6.10. The Labute approximate surface area is 134 Å². The lowest BCUT2D eigenvalue weighted by Crippen LogP contribution is -2.68. The molecule has 1 N–H and O–H groups in total. The molecule has 4 fully saturated rings. The minimum Gasteiger partial charge on any atom is -0.396 e. The lowest BCUT2D eigenvalue weighted by atomic mass is 9.47. The van der Waals surface area contributed by atoms with E-state index in [-0.39, 0.29) is 10.8 Å². The monoisotopic (exact) mass is 308 g/mol. The van der Waals surface area contributed by atoms with Crippen LogP contribution in [0.1, 0.15) is 59.8 Å². The fraction of sp³-hybridized carbons (Fsp3) is 1.00. The summed E-state index contributed by atoms with van der Waals surface area (Å²) in [5, 5.41) is 10.1. The summed E-state index contributed by atoms with van der Waals surface area (Å²) in [6.45, 7) is 11.1. The van der Waals surface area contributed by atoms with Crippen LogP contribution in [0.2, 0.25) is 0 Å². The summed E-state index contributed by atoms with van der Waals surface area (Å²) >= 11 is 0. The second-order valence-corrected chi connectivity index (χ2v) is 10.2. The van der Waals surface area contributed by atoms with E-state index in [1.165, 1.54) is 19.3 Å². The van der Waals surface area contributed by atoms with Crippen molar-refractivity contribution in [3.05, 3.63) is 0 Å². The first-order valence-electron chi connectivity index (χ1n) is 9.11. The van der Waals surface area contributed by atoms with Crippen molar-refractivity contribution in [1.82, 2.24) is 0 Å². The number of aliphatic hydroxyl groups is 1. The lowest BCUT2D eigenvalue weighted by molar-refractivity contribution is -0.395. The SMILES string of the molecule is CC1(C)COC2(OC1)[C@H]1CC[C@@]1(CO)C[C@@H]1CC(C)(C)C[C@@H]12. The number of hydrogen-bond donors (Lipinski definition) is 1. The first-order valence-corrected chi connectivity index (χ1v) is 9.11. The van der Waals surface area contributed by atoms with E-state index in [1.807, 2.05) is 0 Å². The number of ether oxygens (including phenoxy) is 2. The van der Waals surface area contributed by atoms with Gasteiger partial charge in [0.1, 0.15) is 0 Å². The van der Waals surface area contributed by atoms with Crippen molar-refractivity contribution in [2.75, 3.05) is 19.8 Å². The van der Waals surface area contributed by atoms with E-state index in [4.69, 9.17) is 9.47 Å². The Morgan fingerprint density at radius 3 is 2.18 bits per heavy atom. The van der Waals surface area contributed by atoms with Crippen LogP contribution < -0.4 is 0 Å². The smallest absolute Gasteiger partial charge is 0.174 e. The molecule has 1 saturated heterocycles. The molecule has 0 amide bonds. The second-order valence-electron chi connectivity index (χ2n) is 10.2. The highest BCUT2D eigenvalue weighted by molar-refractivity contribution is 5.14. The summed E-state index contributed by atoms with van der Waals surface area (Å²) in [5.41, 5.74) is 0.559. The maximum Gasteiger partial charge on any atom is 0.174 e. The Kier molecular flexibility index (Phi) is 3.14. The maximum atomic E-state index is 10.1. The van der Waals surface area contributed by atoms with Crippen molar-refractivity contribution in [2.24, 2.45) is 34.0 Å². The number of fused-ring (bicyclic) bond motifs is 4. The molecule has 0 aromatic rings. The molecule has 0 radical (unpaired) electrons. The zero-order chi connectivity index (χ0) is 15.8. The zero-order valence-corrected chi connectivity index (χ0v) is 14.7. The molecule has 3 heteroatoms. The van der Waals surface area contributed by atoms with Crippen LogP contribution in [0.3, 0.4) is 0 Å². The molecule has 4 aliphatic rings. The van der Waals surface area contributed by atoms with Crippen molar-refractivity contribution in [3.8, 4) is 0 Å². The molecule has 1 heterocycles. The van der Waals surface area contributed by atoms with E-state index < -0.39 is 5.79 Å². The fourth-order valence-electron chi connectivity index (χ4n) is 6.10. The van der Waals surface area contributed by atoms with E-state index in [0.29, 0.717) is 29.8 Å². The maximum absolute atomic E-state index is 10.1. The predicted octanol–water partition coefficient (Wildman–Crippen LogP) is 3.60. The summed E-state index contributed by atoms with van der Waals surface area (Å²) in [4.78, 5) is 0. The van der Waals surface area contributed by atoms with Crippen LogP contribution in [0.4, 0.5) is 0 Å². The van der Waals surface area contributed by atoms with Crippen molar-refractivity contribution in [2.45, 2.75) is 65.6 Å². The third kappa shape index (κ3) is 1.98. The van der Waals surface area contributed by atoms with Crippen LogP contribution in [0, 0.1) is 34.0 Å². The average molecular weight is 308 g/mol. The highest BCUT2D eigenvalue weighted by atomic mass is 16.7. The summed E-state index contributed by atoms with van der Waals surface area (Å²) in [5.74, 6) is 1.16. The van der Waals surface area contributed by atoms with Gasteiger partial charge < -0.3 is 14.6 Å². The van der Waals surface area contributed by atoms with Crippen LogP contribution >= 0.6 is 0 Å². The van der Waals surface area contributed by atoms with E-state index in [0.717, 1.165) is 26.1 Å². The van der Waals surface area contributed by atoms with Crippen molar-refractivity contribution in [3.63, 3.8) is 0 Å². The standard InChI is InChI=1S/C19H32O3/c1-16(2)7-13-8-18(10-20)6-5-15(18)19(14(13)9-16)21-11-17(3,4)12-22-19/h13-15,20H,5-12H2,1-4H3/t13-,14-,15-,18-/m0/s1. The van der Waals surface area contributed by atoms with E-state index >= 15 is 0 Å². The van der Waals surface area contributed by atoms with Gasteiger partial charge in [0.2, 0.25) is 0 Å². The zero-order valence-electron chi connectivity index (χ0n) is 14.7. The van der Waals surface area contributed by atoms with Gasteiger partial charge in [-0.05, 0) is 43.4 Å². The molecule has 3 nitrogen and oxygen atoms in total. The van der Waals surface area contributed by atoms with E-state index in [2.05, 4.69) is 27.7 Å². The summed E-state index contributed by atoms with van der Waals surface area (Å²) in [6, 6.07) is 0. The largest absolute Gasteiger partial charge is 0.396 e. The first-order chi connectivity index (χ1) is 10.2. The minimum absolute atomic E-state index is 0.0725. The van der Waals surface area contributed by atoms with Crippen molar-refractivity contribution < 1.29 is 14.6 Å². The van der Waals surface area contributed by atoms with Gasteiger partial charge in [-0.25, -0.2) is 0 Å². The Hall–Kier alpha value is -0.120. The predicted molar refractivity (Wildman–Crippen MR) is 85.3 cm³/mol. The molecule has 4 rings (SSSR count). The van der Waals surface area contributed by atoms with Crippen LogP contribution in [0.15, 0.2) is 0 Å². The molecule has 0 unspecified atom stereocenters. The number of rotatable bonds is 1. The highest BCUT2D eigenvalue weighted by Crippen LogP contribution is 2.69. The summed E-state index contributed by atoms with van der Waals surface area (Å²) in [6.07, 6.45) is 5.94. The number of aliphatic hydroxyl groups excluding tert-OH is 1. The molecular formula is C19H32O3.